The minimum atomic E-state index is -0.301. The van der Waals surface area contributed by atoms with Crippen LogP contribution in [0.25, 0.3) is 11.3 Å². The maximum atomic E-state index is 11.8. The lowest BCUT2D eigenvalue weighted by molar-refractivity contribution is -0.123. The van der Waals surface area contributed by atoms with Crippen molar-refractivity contribution in [1.29, 1.82) is 0 Å². The van der Waals surface area contributed by atoms with Gasteiger partial charge in [-0.25, -0.2) is 0 Å². The molecule has 1 amide bonds. The molecule has 3 aromatic rings. The van der Waals surface area contributed by atoms with Crippen molar-refractivity contribution in [3.05, 3.63) is 70.7 Å². The highest BCUT2D eigenvalue weighted by atomic mass is 35.5. The van der Waals surface area contributed by atoms with Gasteiger partial charge in [0.05, 0.1) is 17.3 Å². The van der Waals surface area contributed by atoms with Crippen molar-refractivity contribution in [1.82, 2.24) is 15.5 Å². The summed E-state index contributed by atoms with van der Waals surface area (Å²) in [7, 11) is 0. The molecule has 2 aromatic carbocycles. The highest BCUT2D eigenvalue weighted by molar-refractivity contribution is 6.34. The van der Waals surface area contributed by atoms with Gasteiger partial charge < -0.3 is 14.8 Å². The number of carbonyl (C=O) groups excluding carboxylic acids is 1. The average molecular weight is 418 g/mol. The van der Waals surface area contributed by atoms with Crippen molar-refractivity contribution in [2.24, 2.45) is 0 Å². The minimum absolute atomic E-state index is 0.175. The van der Waals surface area contributed by atoms with Crippen LogP contribution in [-0.2, 0) is 4.79 Å². The molecule has 0 saturated heterocycles. The maximum Gasteiger partial charge on any atom is 0.258 e. The number of nitrogens with one attached hydrogen (secondary N) is 1. The van der Waals surface area contributed by atoms with Gasteiger partial charge in [-0.05, 0) is 18.2 Å². The molecular weight excluding hydrogens is 401 g/mol. The van der Waals surface area contributed by atoms with Crippen LogP contribution in [0.1, 0.15) is 0 Å². The van der Waals surface area contributed by atoms with Crippen LogP contribution in [0.3, 0.4) is 0 Å². The molecule has 1 N–H and O–H groups in total. The number of carbonyl (C=O) groups is 1. The second-order valence-electron chi connectivity index (χ2n) is 5.68. The molecule has 0 aliphatic rings. The third-order valence-corrected chi connectivity index (χ3v) is 4.18. The predicted molar refractivity (Wildman–Crippen MR) is 108 cm³/mol. The normalized spacial score (nSPS) is 10.4. The van der Waals surface area contributed by atoms with Crippen molar-refractivity contribution < 1.29 is 14.3 Å². The van der Waals surface area contributed by atoms with E-state index in [1.807, 2.05) is 36.4 Å². The van der Waals surface area contributed by atoms with E-state index in [4.69, 9.17) is 32.7 Å². The number of aromatic nitrogens is 2. The Kier molecular flexibility index (Phi) is 7.06. The summed E-state index contributed by atoms with van der Waals surface area (Å²) in [6.07, 6.45) is 0. The number of hydrogen-bond acceptors (Lipinski definition) is 5. The lowest BCUT2D eigenvalue weighted by Gasteiger charge is -2.09. The van der Waals surface area contributed by atoms with E-state index in [0.29, 0.717) is 28.2 Å². The fourth-order valence-electron chi connectivity index (χ4n) is 2.29. The number of halogens is 2. The third-order valence-electron chi connectivity index (χ3n) is 3.64. The summed E-state index contributed by atoms with van der Waals surface area (Å²) in [5.41, 5.74) is 1.74. The van der Waals surface area contributed by atoms with E-state index in [1.54, 1.807) is 24.3 Å². The summed E-state index contributed by atoms with van der Waals surface area (Å²) < 4.78 is 10.8. The van der Waals surface area contributed by atoms with Gasteiger partial charge in [0.2, 0.25) is 5.88 Å². The first kappa shape index (κ1) is 19.9. The Balaban J connectivity index is 1.38. The van der Waals surface area contributed by atoms with Gasteiger partial charge in [0.25, 0.3) is 5.91 Å². The standard InChI is InChI=1S/C20H17Cl2N3O3/c21-15-6-7-16(22)18(12-15)28-13-19(26)23-10-11-27-20-9-8-17(24-25-20)14-4-2-1-3-5-14/h1-9,12H,10-11,13H2,(H,23,26). The van der Waals surface area contributed by atoms with Gasteiger partial charge in [-0.2, -0.15) is 0 Å². The van der Waals surface area contributed by atoms with E-state index < -0.39 is 0 Å². The summed E-state index contributed by atoms with van der Waals surface area (Å²) in [6, 6.07) is 18.1. The van der Waals surface area contributed by atoms with Crippen molar-refractivity contribution in [2.45, 2.75) is 0 Å². The molecule has 0 bridgehead atoms. The Labute approximate surface area is 172 Å². The van der Waals surface area contributed by atoms with Gasteiger partial charge in [0.15, 0.2) is 6.61 Å². The first-order chi connectivity index (χ1) is 13.6. The van der Waals surface area contributed by atoms with E-state index in [9.17, 15) is 4.79 Å². The Hall–Kier alpha value is -2.83. The number of ether oxygens (including phenoxy) is 2. The molecule has 8 heteroatoms. The van der Waals surface area contributed by atoms with Crippen molar-refractivity contribution in [3.63, 3.8) is 0 Å². The lowest BCUT2D eigenvalue weighted by Crippen LogP contribution is -2.32. The van der Waals surface area contributed by atoms with Crippen LogP contribution in [0, 0.1) is 0 Å². The monoisotopic (exact) mass is 417 g/mol. The molecule has 0 spiro atoms. The van der Waals surface area contributed by atoms with Gasteiger partial charge in [0.1, 0.15) is 12.4 Å². The van der Waals surface area contributed by atoms with Crippen molar-refractivity contribution >= 4 is 29.1 Å². The zero-order valence-corrected chi connectivity index (χ0v) is 16.3. The average Bonchev–Trinajstić information content (AvgIpc) is 2.73. The summed E-state index contributed by atoms with van der Waals surface area (Å²) >= 11 is 11.8. The second-order valence-corrected chi connectivity index (χ2v) is 6.53. The lowest BCUT2D eigenvalue weighted by atomic mass is 10.1. The second kappa shape index (κ2) is 9.92. The van der Waals surface area contributed by atoms with Gasteiger partial charge in [0, 0.05) is 22.7 Å². The van der Waals surface area contributed by atoms with E-state index in [-0.39, 0.29) is 19.1 Å². The third kappa shape index (κ3) is 5.84. The Morgan fingerprint density at radius 3 is 2.54 bits per heavy atom. The molecule has 0 unspecified atom stereocenters. The van der Waals surface area contributed by atoms with Crippen molar-refractivity contribution in [2.75, 3.05) is 19.8 Å². The highest BCUT2D eigenvalue weighted by Gasteiger charge is 2.07. The molecule has 0 saturated carbocycles. The number of nitrogens with zero attached hydrogens (tertiary/aromatic N) is 2. The maximum absolute atomic E-state index is 11.8. The van der Waals surface area contributed by atoms with Crippen LogP contribution < -0.4 is 14.8 Å². The molecule has 0 radical (unpaired) electrons. The number of benzene rings is 2. The predicted octanol–water partition coefficient (Wildman–Crippen LogP) is 4.02. The number of hydrogen-bond donors (Lipinski definition) is 1. The summed E-state index contributed by atoms with van der Waals surface area (Å²) in [5, 5.41) is 11.7. The van der Waals surface area contributed by atoms with E-state index >= 15 is 0 Å². The van der Waals surface area contributed by atoms with Gasteiger partial charge in [-0.1, -0.05) is 53.5 Å². The largest absolute Gasteiger partial charge is 0.482 e. The molecule has 28 heavy (non-hydrogen) atoms. The summed E-state index contributed by atoms with van der Waals surface area (Å²) in [4.78, 5) is 11.8. The Bertz CT molecular complexity index is 922. The molecule has 3 rings (SSSR count). The number of amides is 1. The molecule has 0 fully saturated rings. The molecule has 0 aliphatic carbocycles. The summed E-state index contributed by atoms with van der Waals surface area (Å²) in [6.45, 7) is 0.377. The quantitative estimate of drug-likeness (QED) is 0.560. The number of rotatable bonds is 8. The summed E-state index contributed by atoms with van der Waals surface area (Å²) in [5.74, 6) is 0.440. The van der Waals surface area contributed by atoms with Crippen LogP contribution in [-0.4, -0.2) is 35.9 Å². The highest BCUT2D eigenvalue weighted by Crippen LogP contribution is 2.27. The van der Waals surface area contributed by atoms with Gasteiger partial charge >= 0.3 is 0 Å². The van der Waals surface area contributed by atoms with Crippen LogP contribution >= 0.6 is 23.2 Å². The molecule has 6 nitrogen and oxygen atoms in total. The van der Waals surface area contributed by atoms with E-state index in [0.717, 1.165) is 11.3 Å². The minimum Gasteiger partial charge on any atom is -0.482 e. The SMILES string of the molecule is O=C(COc1cc(Cl)ccc1Cl)NCCOc1ccc(-c2ccccc2)nn1. The van der Waals surface area contributed by atoms with Gasteiger partial charge in [-0.15, -0.1) is 10.2 Å². The first-order valence-electron chi connectivity index (χ1n) is 8.48. The zero-order valence-electron chi connectivity index (χ0n) is 14.8. The van der Waals surface area contributed by atoms with Crippen LogP contribution in [0.4, 0.5) is 0 Å². The Morgan fingerprint density at radius 1 is 0.964 bits per heavy atom. The smallest absolute Gasteiger partial charge is 0.258 e. The van der Waals surface area contributed by atoms with E-state index in [1.165, 1.54) is 0 Å². The zero-order chi connectivity index (χ0) is 19.8. The molecule has 1 heterocycles. The van der Waals surface area contributed by atoms with Crippen molar-refractivity contribution in [3.8, 4) is 22.9 Å². The first-order valence-corrected chi connectivity index (χ1v) is 9.24. The van der Waals surface area contributed by atoms with Crippen LogP contribution in [0.5, 0.6) is 11.6 Å². The fourth-order valence-corrected chi connectivity index (χ4v) is 2.62. The molecular formula is C20H17Cl2N3O3. The molecule has 0 aliphatic heterocycles. The van der Waals surface area contributed by atoms with Crippen LogP contribution in [0.2, 0.25) is 10.0 Å². The van der Waals surface area contributed by atoms with Gasteiger partial charge in [-0.3, -0.25) is 4.79 Å². The van der Waals surface area contributed by atoms with Crippen LogP contribution in [0.15, 0.2) is 60.7 Å². The molecule has 144 valence electrons. The fraction of sp³-hybridized carbons (Fsp3) is 0.150. The topological polar surface area (TPSA) is 73.3 Å². The molecule has 1 aromatic heterocycles. The van der Waals surface area contributed by atoms with E-state index in [2.05, 4.69) is 15.5 Å². The Morgan fingerprint density at radius 2 is 1.79 bits per heavy atom. The molecule has 0 atom stereocenters.